The Morgan fingerprint density at radius 3 is 2.86 bits per heavy atom. The lowest BCUT2D eigenvalue weighted by atomic mass is 9.87. The lowest BCUT2D eigenvalue weighted by Gasteiger charge is -2.27. The Bertz CT molecular complexity index is 819. The Kier molecular flexibility index (Phi) is 3.97. The van der Waals surface area contributed by atoms with Crippen LogP contribution < -0.4 is 10.9 Å². The Balaban J connectivity index is 2.24. The van der Waals surface area contributed by atoms with Crippen molar-refractivity contribution in [1.82, 2.24) is 9.55 Å². The summed E-state index contributed by atoms with van der Waals surface area (Å²) < 4.78 is 1.75. The molecule has 1 N–H and O–H groups in total. The number of nitrogens with one attached hydrogen (secondary N) is 1. The summed E-state index contributed by atoms with van der Waals surface area (Å²) in [4.78, 5) is 28.6. The number of halogens is 1. The lowest BCUT2D eigenvalue weighted by molar-refractivity contribution is -0.116. The summed E-state index contributed by atoms with van der Waals surface area (Å²) >= 11 is 7.41. The smallest absolute Gasteiger partial charge is 0.279 e. The number of fused-ring (bicyclic) bond motifs is 1. The first-order chi connectivity index (χ1) is 10.5. The minimum atomic E-state index is -0.329. The summed E-state index contributed by atoms with van der Waals surface area (Å²) in [5.74, 6) is 0.0702. The summed E-state index contributed by atoms with van der Waals surface area (Å²) in [6.07, 6.45) is 2.05. The van der Waals surface area contributed by atoms with Crippen LogP contribution in [0.25, 0.3) is 0 Å². The number of thioether (sulfide) groups is 1. The molecule has 1 aliphatic heterocycles. The lowest BCUT2D eigenvalue weighted by Crippen LogP contribution is -2.33. The van der Waals surface area contributed by atoms with Crippen LogP contribution in [-0.4, -0.2) is 21.7 Å². The van der Waals surface area contributed by atoms with E-state index in [9.17, 15) is 9.59 Å². The molecule has 1 aliphatic rings. The Morgan fingerprint density at radius 2 is 2.18 bits per heavy atom. The molecule has 5 nitrogen and oxygen atoms in total. The van der Waals surface area contributed by atoms with Crippen LogP contribution in [0.5, 0.6) is 0 Å². The van der Waals surface area contributed by atoms with Crippen molar-refractivity contribution in [2.75, 3.05) is 11.6 Å². The highest BCUT2D eigenvalue weighted by Crippen LogP contribution is 2.36. The van der Waals surface area contributed by atoms with Crippen LogP contribution in [0, 0.1) is 0 Å². The molecule has 0 fully saturated rings. The second-order valence-corrected chi connectivity index (χ2v) is 6.29. The van der Waals surface area contributed by atoms with E-state index in [0.717, 1.165) is 5.56 Å². The second kappa shape index (κ2) is 5.78. The average molecular weight is 336 g/mol. The van der Waals surface area contributed by atoms with Gasteiger partial charge in [-0.2, -0.15) is 4.98 Å². The molecule has 1 amide bonds. The molecule has 1 unspecified atom stereocenters. The van der Waals surface area contributed by atoms with Gasteiger partial charge in [0.05, 0.1) is 5.56 Å². The van der Waals surface area contributed by atoms with Crippen LogP contribution in [0.2, 0.25) is 5.02 Å². The van der Waals surface area contributed by atoms with Crippen LogP contribution in [0.3, 0.4) is 0 Å². The number of hydrogen-bond acceptors (Lipinski definition) is 4. The third kappa shape index (κ3) is 2.53. The number of anilines is 1. The SMILES string of the molecule is CSc1nc(=O)c2c(n1C)NC(=O)CC2c1cccc(Cl)c1. The van der Waals surface area contributed by atoms with Gasteiger partial charge in [0.25, 0.3) is 5.56 Å². The van der Waals surface area contributed by atoms with E-state index >= 15 is 0 Å². The molecule has 0 saturated heterocycles. The number of benzene rings is 1. The van der Waals surface area contributed by atoms with Crippen molar-refractivity contribution in [1.29, 1.82) is 0 Å². The predicted octanol–water partition coefficient (Wildman–Crippen LogP) is 2.63. The van der Waals surface area contributed by atoms with E-state index in [4.69, 9.17) is 11.6 Å². The first-order valence-electron chi connectivity index (χ1n) is 6.71. The molecule has 7 heteroatoms. The summed E-state index contributed by atoms with van der Waals surface area (Å²) in [5, 5.41) is 3.94. The zero-order valence-corrected chi connectivity index (χ0v) is 13.7. The van der Waals surface area contributed by atoms with Crippen molar-refractivity contribution in [3.8, 4) is 0 Å². The molecule has 0 radical (unpaired) electrons. The molecule has 1 atom stereocenters. The van der Waals surface area contributed by atoms with Crippen LogP contribution in [0.1, 0.15) is 23.5 Å². The van der Waals surface area contributed by atoms with E-state index in [1.165, 1.54) is 11.8 Å². The molecule has 2 heterocycles. The van der Waals surface area contributed by atoms with E-state index in [0.29, 0.717) is 21.6 Å². The molecule has 1 aromatic heterocycles. The van der Waals surface area contributed by atoms with Gasteiger partial charge < -0.3 is 9.88 Å². The fourth-order valence-corrected chi connectivity index (χ4v) is 3.46. The molecule has 114 valence electrons. The highest BCUT2D eigenvalue weighted by atomic mass is 35.5. The van der Waals surface area contributed by atoms with Crippen molar-refractivity contribution >= 4 is 35.1 Å². The van der Waals surface area contributed by atoms with E-state index in [1.54, 1.807) is 23.7 Å². The summed E-state index contributed by atoms with van der Waals surface area (Å²) in [6.45, 7) is 0. The summed E-state index contributed by atoms with van der Waals surface area (Å²) in [5.41, 5.74) is 1.06. The monoisotopic (exact) mass is 335 g/mol. The van der Waals surface area contributed by atoms with E-state index in [2.05, 4.69) is 10.3 Å². The highest BCUT2D eigenvalue weighted by molar-refractivity contribution is 7.98. The number of aromatic nitrogens is 2. The zero-order valence-electron chi connectivity index (χ0n) is 12.1. The van der Waals surface area contributed by atoms with Gasteiger partial charge >= 0.3 is 0 Å². The van der Waals surface area contributed by atoms with Gasteiger partial charge in [0.15, 0.2) is 5.16 Å². The van der Waals surface area contributed by atoms with Gasteiger partial charge in [0, 0.05) is 24.4 Å². The quantitative estimate of drug-likeness (QED) is 0.677. The maximum Gasteiger partial charge on any atom is 0.279 e. The summed E-state index contributed by atoms with van der Waals surface area (Å²) in [6, 6.07) is 7.25. The number of nitrogens with zero attached hydrogens (tertiary/aromatic N) is 2. The van der Waals surface area contributed by atoms with Crippen molar-refractivity contribution < 1.29 is 4.79 Å². The first-order valence-corrected chi connectivity index (χ1v) is 8.31. The van der Waals surface area contributed by atoms with Gasteiger partial charge in [-0.15, -0.1) is 0 Å². The molecule has 0 spiro atoms. The maximum absolute atomic E-state index is 12.4. The average Bonchev–Trinajstić information content (AvgIpc) is 2.50. The van der Waals surface area contributed by atoms with Crippen LogP contribution in [0.15, 0.2) is 34.2 Å². The molecule has 0 aliphatic carbocycles. The highest BCUT2D eigenvalue weighted by Gasteiger charge is 2.31. The number of carbonyl (C=O) groups excluding carboxylic acids is 1. The molecule has 22 heavy (non-hydrogen) atoms. The number of amides is 1. The first kappa shape index (κ1) is 15.1. The molecule has 0 bridgehead atoms. The van der Waals surface area contributed by atoms with Gasteiger partial charge in [-0.3, -0.25) is 9.59 Å². The van der Waals surface area contributed by atoms with Crippen molar-refractivity contribution in [3.63, 3.8) is 0 Å². The predicted molar refractivity (Wildman–Crippen MR) is 87.8 cm³/mol. The fourth-order valence-electron chi connectivity index (χ4n) is 2.73. The third-order valence-electron chi connectivity index (χ3n) is 3.73. The minimum absolute atomic E-state index is 0.120. The molecular weight excluding hydrogens is 322 g/mol. The Labute approximate surface area is 136 Å². The van der Waals surface area contributed by atoms with Crippen LogP contribution in [-0.2, 0) is 11.8 Å². The normalized spacial score (nSPS) is 17.0. The minimum Gasteiger partial charge on any atom is -0.312 e. The van der Waals surface area contributed by atoms with Gasteiger partial charge in [-0.05, 0) is 24.0 Å². The molecular formula is C15H14ClN3O2S. The van der Waals surface area contributed by atoms with Crippen LogP contribution in [0.4, 0.5) is 5.82 Å². The largest absolute Gasteiger partial charge is 0.312 e. The zero-order chi connectivity index (χ0) is 15.9. The Hall–Kier alpha value is -1.79. The molecule has 1 aromatic carbocycles. The summed E-state index contributed by atoms with van der Waals surface area (Å²) in [7, 11) is 1.79. The molecule has 0 saturated carbocycles. The van der Waals surface area contributed by atoms with Crippen LogP contribution >= 0.6 is 23.4 Å². The number of carbonyl (C=O) groups is 1. The van der Waals surface area contributed by atoms with Gasteiger partial charge in [0.1, 0.15) is 5.82 Å². The number of rotatable bonds is 2. The topological polar surface area (TPSA) is 64.0 Å². The maximum atomic E-state index is 12.4. The third-order valence-corrected chi connectivity index (χ3v) is 4.70. The Morgan fingerprint density at radius 1 is 1.41 bits per heavy atom. The van der Waals surface area contributed by atoms with Crippen molar-refractivity contribution in [2.45, 2.75) is 17.5 Å². The van der Waals surface area contributed by atoms with Gasteiger partial charge in [-0.25, -0.2) is 0 Å². The molecule has 2 aromatic rings. The van der Waals surface area contributed by atoms with E-state index in [1.807, 2.05) is 18.4 Å². The molecule has 3 rings (SSSR count). The fraction of sp³-hybridized carbons (Fsp3) is 0.267. The second-order valence-electron chi connectivity index (χ2n) is 5.08. The van der Waals surface area contributed by atoms with Gasteiger partial charge in [0.2, 0.25) is 5.91 Å². The van der Waals surface area contributed by atoms with E-state index < -0.39 is 0 Å². The van der Waals surface area contributed by atoms with E-state index in [-0.39, 0.29) is 23.8 Å². The number of hydrogen-bond donors (Lipinski definition) is 1. The van der Waals surface area contributed by atoms with Crippen molar-refractivity contribution in [3.05, 3.63) is 50.8 Å². The van der Waals surface area contributed by atoms with Gasteiger partial charge in [-0.1, -0.05) is 35.5 Å². The van der Waals surface area contributed by atoms with Crippen molar-refractivity contribution in [2.24, 2.45) is 7.05 Å². The standard InChI is InChI=1S/C15H14ClN3O2S/c1-19-13-12(14(21)18-15(19)22-2)10(7-11(20)17-13)8-4-3-5-9(16)6-8/h3-6,10H,7H2,1-2H3,(H,17,20).